The van der Waals surface area contributed by atoms with Crippen molar-refractivity contribution >= 4 is 34.4 Å². The third-order valence-electron chi connectivity index (χ3n) is 6.58. The van der Waals surface area contributed by atoms with E-state index in [2.05, 4.69) is 74.7 Å². The van der Waals surface area contributed by atoms with Crippen LogP contribution in [-0.2, 0) is 30.1 Å². The predicted octanol–water partition coefficient (Wildman–Crippen LogP) is 3.77. The van der Waals surface area contributed by atoms with Gasteiger partial charge in [-0.3, -0.25) is 0 Å². The third-order valence-corrected chi connectivity index (χ3v) is 6.58. The van der Waals surface area contributed by atoms with Crippen molar-refractivity contribution in [3.05, 3.63) is 42.5 Å². The predicted molar refractivity (Wildman–Crippen MR) is 129 cm³/mol. The number of benzene rings is 2. The SMILES string of the molecule is COCCOCCOCCn1c2ccccc2c2cc(B3OC(C)(C)C(C)(C)O3)ccc21. The highest BCUT2D eigenvalue weighted by molar-refractivity contribution is 6.62. The highest BCUT2D eigenvalue weighted by Crippen LogP contribution is 2.37. The highest BCUT2D eigenvalue weighted by atomic mass is 16.7. The van der Waals surface area contributed by atoms with Crippen molar-refractivity contribution in [2.75, 3.05) is 40.1 Å². The van der Waals surface area contributed by atoms with Gasteiger partial charge in [-0.2, -0.15) is 0 Å². The average Bonchev–Trinajstić information content (AvgIpc) is 3.19. The van der Waals surface area contributed by atoms with E-state index < -0.39 is 0 Å². The smallest absolute Gasteiger partial charge is 0.399 e. The van der Waals surface area contributed by atoms with E-state index in [4.69, 9.17) is 23.5 Å². The number of methoxy groups -OCH3 is 1. The molecule has 0 aliphatic carbocycles. The first-order valence-corrected chi connectivity index (χ1v) is 11.3. The van der Waals surface area contributed by atoms with Crippen molar-refractivity contribution < 1.29 is 23.5 Å². The van der Waals surface area contributed by atoms with Crippen molar-refractivity contribution in [1.82, 2.24) is 4.57 Å². The van der Waals surface area contributed by atoms with Gasteiger partial charge < -0.3 is 28.1 Å². The maximum absolute atomic E-state index is 6.28. The Kier molecular flexibility index (Phi) is 6.93. The fourth-order valence-corrected chi connectivity index (χ4v) is 4.06. The van der Waals surface area contributed by atoms with Crippen molar-refractivity contribution in [3.8, 4) is 0 Å². The molecule has 172 valence electrons. The van der Waals surface area contributed by atoms with Crippen LogP contribution in [0.4, 0.5) is 0 Å². The molecule has 1 aliphatic rings. The summed E-state index contributed by atoms with van der Waals surface area (Å²) < 4.78 is 31.1. The fourth-order valence-electron chi connectivity index (χ4n) is 4.06. The lowest BCUT2D eigenvalue weighted by Gasteiger charge is -2.32. The standard InChI is InChI=1S/C25H34BNO5/c1-24(2)25(3,4)32-26(31-24)19-10-11-23-21(18-19)20-8-6-7-9-22(20)27(23)12-13-29-16-17-30-15-14-28-5/h6-11,18H,12-17H2,1-5H3. The van der Waals surface area contributed by atoms with Crippen LogP contribution in [0.5, 0.6) is 0 Å². The minimum Gasteiger partial charge on any atom is -0.399 e. The summed E-state index contributed by atoms with van der Waals surface area (Å²) in [7, 11) is 1.30. The Morgan fingerprint density at radius 3 is 2.12 bits per heavy atom. The number of rotatable bonds is 10. The van der Waals surface area contributed by atoms with Crippen molar-refractivity contribution in [3.63, 3.8) is 0 Å². The summed E-state index contributed by atoms with van der Waals surface area (Å²) in [5, 5.41) is 2.43. The van der Waals surface area contributed by atoms with Gasteiger partial charge in [0.05, 0.1) is 44.2 Å². The highest BCUT2D eigenvalue weighted by Gasteiger charge is 2.51. The Bertz CT molecular complexity index is 1050. The maximum Gasteiger partial charge on any atom is 0.494 e. The second-order valence-electron chi connectivity index (χ2n) is 9.25. The molecule has 0 atom stereocenters. The van der Waals surface area contributed by atoms with Gasteiger partial charge in [-0.25, -0.2) is 0 Å². The number of nitrogens with zero attached hydrogens (tertiary/aromatic N) is 1. The normalized spacial score (nSPS) is 17.6. The van der Waals surface area contributed by atoms with Gasteiger partial charge in [0.1, 0.15) is 0 Å². The fraction of sp³-hybridized carbons (Fsp3) is 0.520. The molecule has 2 heterocycles. The monoisotopic (exact) mass is 439 g/mol. The Morgan fingerprint density at radius 1 is 0.781 bits per heavy atom. The summed E-state index contributed by atoms with van der Waals surface area (Å²) in [6.07, 6.45) is 0. The molecule has 32 heavy (non-hydrogen) atoms. The number of hydrogen-bond acceptors (Lipinski definition) is 5. The van der Waals surface area contributed by atoms with Gasteiger partial charge in [-0.15, -0.1) is 0 Å². The molecule has 0 bridgehead atoms. The lowest BCUT2D eigenvalue weighted by molar-refractivity contribution is 0.00578. The lowest BCUT2D eigenvalue weighted by atomic mass is 9.78. The van der Waals surface area contributed by atoms with Crippen LogP contribution in [0, 0.1) is 0 Å². The van der Waals surface area contributed by atoms with E-state index in [-0.39, 0.29) is 18.3 Å². The van der Waals surface area contributed by atoms with E-state index >= 15 is 0 Å². The molecular formula is C25H34BNO5. The molecule has 7 heteroatoms. The van der Waals surface area contributed by atoms with Crippen molar-refractivity contribution in [2.45, 2.75) is 45.4 Å². The van der Waals surface area contributed by atoms with E-state index in [1.165, 1.54) is 21.8 Å². The van der Waals surface area contributed by atoms with Crippen LogP contribution in [0.1, 0.15) is 27.7 Å². The van der Waals surface area contributed by atoms with Gasteiger partial charge in [-0.05, 0) is 45.3 Å². The first-order chi connectivity index (χ1) is 15.3. The van der Waals surface area contributed by atoms with E-state index in [0.29, 0.717) is 33.0 Å². The van der Waals surface area contributed by atoms with Crippen molar-refractivity contribution in [2.24, 2.45) is 0 Å². The summed E-state index contributed by atoms with van der Waals surface area (Å²) in [6.45, 7) is 12.1. The molecule has 3 aromatic rings. The zero-order valence-electron chi connectivity index (χ0n) is 19.8. The van der Waals surface area contributed by atoms with Gasteiger partial charge in [0.25, 0.3) is 0 Å². The van der Waals surface area contributed by atoms with Gasteiger partial charge >= 0.3 is 7.12 Å². The molecule has 0 radical (unpaired) electrons. The van der Waals surface area contributed by atoms with Gasteiger partial charge in [-0.1, -0.05) is 30.3 Å². The quantitative estimate of drug-likeness (QED) is 0.356. The summed E-state index contributed by atoms with van der Waals surface area (Å²) in [4.78, 5) is 0. The van der Waals surface area contributed by atoms with Crippen LogP contribution in [0.15, 0.2) is 42.5 Å². The second-order valence-corrected chi connectivity index (χ2v) is 9.25. The molecule has 0 unspecified atom stereocenters. The molecule has 6 nitrogen and oxygen atoms in total. The van der Waals surface area contributed by atoms with Crippen LogP contribution < -0.4 is 5.46 Å². The van der Waals surface area contributed by atoms with Gasteiger partial charge in [0.15, 0.2) is 0 Å². The van der Waals surface area contributed by atoms with E-state index in [9.17, 15) is 0 Å². The number of hydrogen-bond donors (Lipinski definition) is 0. The van der Waals surface area contributed by atoms with Crippen LogP contribution in [-0.4, -0.2) is 63.0 Å². The summed E-state index contributed by atoms with van der Waals surface area (Å²) in [5.74, 6) is 0. The molecule has 4 rings (SSSR count). The van der Waals surface area contributed by atoms with Crippen LogP contribution in [0.2, 0.25) is 0 Å². The van der Waals surface area contributed by atoms with Crippen LogP contribution in [0.3, 0.4) is 0 Å². The second kappa shape index (κ2) is 9.53. The zero-order valence-corrected chi connectivity index (χ0v) is 19.8. The van der Waals surface area contributed by atoms with Gasteiger partial charge in [0.2, 0.25) is 0 Å². The Balaban J connectivity index is 1.52. The van der Waals surface area contributed by atoms with Crippen molar-refractivity contribution in [1.29, 1.82) is 0 Å². The number of ether oxygens (including phenoxy) is 3. The van der Waals surface area contributed by atoms with E-state index in [1.54, 1.807) is 7.11 Å². The Labute approximate surface area is 190 Å². The molecule has 1 saturated heterocycles. The molecular weight excluding hydrogens is 405 g/mol. The first-order valence-electron chi connectivity index (χ1n) is 11.3. The molecule has 0 amide bonds. The molecule has 1 fully saturated rings. The molecule has 1 aliphatic heterocycles. The minimum atomic E-state index is -0.368. The summed E-state index contributed by atoms with van der Waals surface area (Å²) in [6, 6.07) is 15.0. The Morgan fingerprint density at radius 2 is 1.41 bits per heavy atom. The first kappa shape index (κ1) is 23.3. The molecule has 0 N–H and O–H groups in total. The Hall–Kier alpha value is -1.90. The summed E-state index contributed by atoms with van der Waals surface area (Å²) >= 11 is 0. The third kappa shape index (κ3) is 4.59. The minimum absolute atomic E-state index is 0.356. The topological polar surface area (TPSA) is 51.1 Å². The van der Waals surface area contributed by atoms with E-state index in [1.807, 2.05) is 0 Å². The number of fused-ring (bicyclic) bond motifs is 3. The average molecular weight is 439 g/mol. The van der Waals surface area contributed by atoms with E-state index in [0.717, 1.165) is 12.0 Å². The largest absolute Gasteiger partial charge is 0.494 e. The molecule has 1 aromatic heterocycles. The molecule has 0 saturated carbocycles. The number of para-hydroxylation sites is 1. The molecule has 0 spiro atoms. The molecule has 2 aromatic carbocycles. The summed E-state index contributed by atoms with van der Waals surface area (Å²) in [5.41, 5.74) is 2.72. The lowest BCUT2D eigenvalue weighted by Crippen LogP contribution is -2.41. The number of aromatic nitrogens is 1. The van der Waals surface area contributed by atoms with Crippen LogP contribution in [0.25, 0.3) is 21.8 Å². The maximum atomic E-state index is 6.28. The zero-order chi connectivity index (χ0) is 22.8. The van der Waals surface area contributed by atoms with Crippen LogP contribution >= 0.6 is 0 Å². The van der Waals surface area contributed by atoms with Gasteiger partial charge in [0, 0.05) is 35.5 Å².